The maximum Gasteiger partial charge on any atom is 0.307 e. The van der Waals surface area contributed by atoms with E-state index < -0.39 is 52.3 Å². The Morgan fingerprint density at radius 3 is 2.67 bits per heavy atom. The molecule has 1 aliphatic heterocycles. The van der Waals surface area contributed by atoms with E-state index in [1.54, 1.807) is 0 Å². The number of nitro benzene ring substituents is 1. The van der Waals surface area contributed by atoms with E-state index >= 15 is 0 Å². The van der Waals surface area contributed by atoms with Gasteiger partial charge in [-0.1, -0.05) is 12.1 Å². The summed E-state index contributed by atoms with van der Waals surface area (Å²) in [6, 6.07) is 2.62. The second kappa shape index (κ2) is 6.86. The highest BCUT2D eigenvalue weighted by Gasteiger charge is 2.31. The third kappa shape index (κ3) is 3.72. The summed E-state index contributed by atoms with van der Waals surface area (Å²) >= 11 is 0. The first-order chi connectivity index (χ1) is 11.3. The van der Waals surface area contributed by atoms with E-state index in [4.69, 9.17) is 5.11 Å². The molecule has 0 spiro atoms. The summed E-state index contributed by atoms with van der Waals surface area (Å²) in [6.45, 7) is 0. The number of imide groups is 1. The fraction of sp³-hybridized carbons (Fsp3) is 0.286. The predicted octanol–water partition coefficient (Wildman–Crippen LogP) is -0.243. The Labute approximate surface area is 135 Å². The van der Waals surface area contributed by atoms with Crippen LogP contribution in [0.25, 0.3) is 0 Å². The molecule has 2 rings (SSSR count). The summed E-state index contributed by atoms with van der Waals surface area (Å²) in [5.41, 5.74) is -1.00. The van der Waals surface area contributed by atoms with Crippen molar-refractivity contribution in [1.29, 1.82) is 0 Å². The van der Waals surface area contributed by atoms with Gasteiger partial charge >= 0.3 is 5.97 Å². The summed E-state index contributed by atoms with van der Waals surface area (Å²) in [4.78, 5) is 56.4. The minimum absolute atomic E-state index is 0.0234. The summed E-state index contributed by atoms with van der Waals surface area (Å²) in [6.07, 6.45) is -0.499. The fourth-order valence-corrected chi connectivity index (χ4v) is 2.37. The van der Waals surface area contributed by atoms with Crippen molar-refractivity contribution < 1.29 is 29.2 Å². The quantitative estimate of drug-likeness (QED) is 0.381. The van der Waals surface area contributed by atoms with Gasteiger partial charge in [-0.2, -0.15) is 0 Å². The number of nitrogens with zero attached hydrogens (tertiary/aromatic N) is 1. The van der Waals surface area contributed by atoms with Crippen LogP contribution in [0.4, 0.5) is 5.69 Å². The molecular weight excluding hydrogens is 322 g/mol. The van der Waals surface area contributed by atoms with Crippen LogP contribution in [0.3, 0.4) is 0 Å². The number of carbonyl (C=O) groups excluding carboxylic acids is 3. The van der Waals surface area contributed by atoms with Crippen LogP contribution in [-0.4, -0.2) is 39.8 Å². The Kier molecular flexibility index (Phi) is 4.87. The highest BCUT2D eigenvalue weighted by atomic mass is 16.6. The number of nitro groups is 1. The minimum Gasteiger partial charge on any atom is -0.481 e. The van der Waals surface area contributed by atoms with E-state index in [0.29, 0.717) is 0 Å². The molecule has 0 aromatic heterocycles. The van der Waals surface area contributed by atoms with Crippen molar-refractivity contribution in [2.75, 3.05) is 0 Å². The number of hydrogen-bond donors (Lipinski definition) is 3. The zero-order chi connectivity index (χ0) is 17.9. The van der Waals surface area contributed by atoms with Crippen LogP contribution < -0.4 is 10.6 Å². The van der Waals surface area contributed by atoms with E-state index in [-0.39, 0.29) is 18.4 Å². The number of amides is 3. The zero-order valence-electron chi connectivity index (χ0n) is 12.3. The van der Waals surface area contributed by atoms with Crippen LogP contribution in [0.1, 0.15) is 28.8 Å². The van der Waals surface area contributed by atoms with Gasteiger partial charge in [0.1, 0.15) is 11.6 Å². The molecule has 3 N–H and O–H groups in total. The molecule has 1 heterocycles. The molecule has 126 valence electrons. The Morgan fingerprint density at radius 2 is 2.08 bits per heavy atom. The molecule has 1 saturated heterocycles. The largest absolute Gasteiger partial charge is 0.481 e. The van der Waals surface area contributed by atoms with Gasteiger partial charge in [0.25, 0.3) is 11.6 Å². The standard InChI is InChI=1S/C14H13N3O7/c18-10-5-4-8(13(21)16-10)15-14(22)12-7(6-11(19)20)2-1-3-9(12)17(23)24/h1-3,8H,4-6H2,(H,15,22)(H,19,20)(H,16,18,21). The number of carboxylic acids is 1. The molecule has 10 nitrogen and oxygen atoms in total. The first-order valence-corrected chi connectivity index (χ1v) is 6.92. The molecule has 0 radical (unpaired) electrons. The van der Waals surface area contributed by atoms with Crippen molar-refractivity contribution in [1.82, 2.24) is 10.6 Å². The van der Waals surface area contributed by atoms with E-state index in [0.717, 1.165) is 6.07 Å². The van der Waals surface area contributed by atoms with Crippen molar-refractivity contribution in [2.45, 2.75) is 25.3 Å². The minimum atomic E-state index is -1.26. The molecule has 3 amide bonds. The Morgan fingerprint density at radius 1 is 1.38 bits per heavy atom. The molecule has 0 bridgehead atoms. The summed E-state index contributed by atoms with van der Waals surface area (Å²) in [5.74, 6) is -3.38. The van der Waals surface area contributed by atoms with Crippen molar-refractivity contribution in [3.05, 3.63) is 39.4 Å². The van der Waals surface area contributed by atoms with Gasteiger partial charge in [0.15, 0.2) is 0 Å². The Hall–Kier alpha value is -3.30. The molecule has 10 heteroatoms. The first kappa shape index (κ1) is 17.1. The van der Waals surface area contributed by atoms with Gasteiger partial charge in [0.05, 0.1) is 11.3 Å². The Balaban J connectivity index is 2.33. The lowest BCUT2D eigenvalue weighted by molar-refractivity contribution is -0.385. The maximum atomic E-state index is 12.4. The van der Waals surface area contributed by atoms with Gasteiger partial charge in [-0.3, -0.25) is 34.6 Å². The third-order valence-corrected chi connectivity index (χ3v) is 3.44. The normalized spacial score (nSPS) is 17.1. The molecular formula is C14H13N3O7. The smallest absolute Gasteiger partial charge is 0.307 e. The average Bonchev–Trinajstić information content (AvgIpc) is 2.49. The lowest BCUT2D eigenvalue weighted by Gasteiger charge is -2.22. The summed E-state index contributed by atoms with van der Waals surface area (Å²) in [7, 11) is 0. The molecule has 24 heavy (non-hydrogen) atoms. The zero-order valence-corrected chi connectivity index (χ0v) is 12.3. The number of carbonyl (C=O) groups is 4. The number of rotatable bonds is 5. The second-order valence-corrected chi connectivity index (χ2v) is 5.12. The average molecular weight is 335 g/mol. The van der Waals surface area contributed by atoms with Crippen LogP contribution in [0.2, 0.25) is 0 Å². The number of aliphatic carboxylic acids is 1. The molecule has 1 fully saturated rings. The van der Waals surface area contributed by atoms with Crippen molar-refractivity contribution in [3.63, 3.8) is 0 Å². The van der Waals surface area contributed by atoms with Crippen LogP contribution in [0.5, 0.6) is 0 Å². The van der Waals surface area contributed by atoms with Crippen LogP contribution in [-0.2, 0) is 20.8 Å². The number of benzene rings is 1. The van der Waals surface area contributed by atoms with Gasteiger partial charge < -0.3 is 10.4 Å². The SMILES string of the molecule is O=C(O)Cc1cccc([N+](=O)[O-])c1C(=O)NC1CCC(=O)NC1=O. The van der Waals surface area contributed by atoms with E-state index in [9.17, 15) is 29.3 Å². The van der Waals surface area contributed by atoms with Crippen LogP contribution >= 0.6 is 0 Å². The number of nitrogens with one attached hydrogen (secondary N) is 2. The predicted molar refractivity (Wildman–Crippen MR) is 78.1 cm³/mol. The molecule has 1 aliphatic rings. The topological polar surface area (TPSA) is 156 Å². The lowest BCUT2D eigenvalue weighted by atomic mass is 10.00. The molecule has 1 aromatic carbocycles. The molecule has 0 aliphatic carbocycles. The highest BCUT2D eigenvalue weighted by molar-refractivity contribution is 6.05. The van der Waals surface area contributed by atoms with Crippen molar-refractivity contribution in [3.8, 4) is 0 Å². The lowest BCUT2D eigenvalue weighted by Crippen LogP contribution is -2.52. The molecule has 1 atom stereocenters. The number of piperidine rings is 1. The van der Waals surface area contributed by atoms with Crippen LogP contribution in [0.15, 0.2) is 18.2 Å². The second-order valence-electron chi connectivity index (χ2n) is 5.12. The van der Waals surface area contributed by atoms with E-state index in [1.165, 1.54) is 12.1 Å². The van der Waals surface area contributed by atoms with Gasteiger partial charge in [0, 0.05) is 12.5 Å². The van der Waals surface area contributed by atoms with Crippen molar-refractivity contribution >= 4 is 29.4 Å². The number of hydrogen-bond acceptors (Lipinski definition) is 6. The van der Waals surface area contributed by atoms with Gasteiger partial charge in [-0.05, 0) is 12.0 Å². The van der Waals surface area contributed by atoms with E-state index in [2.05, 4.69) is 5.32 Å². The van der Waals surface area contributed by atoms with Gasteiger partial charge in [-0.15, -0.1) is 0 Å². The fourth-order valence-electron chi connectivity index (χ4n) is 2.37. The van der Waals surface area contributed by atoms with Gasteiger partial charge in [0.2, 0.25) is 11.8 Å². The number of carboxylic acid groups (broad SMARTS) is 1. The molecule has 0 saturated carbocycles. The third-order valence-electron chi connectivity index (χ3n) is 3.44. The summed E-state index contributed by atoms with van der Waals surface area (Å²) < 4.78 is 0. The Bertz CT molecular complexity index is 744. The maximum absolute atomic E-state index is 12.4. The van der Waals surface area contributed by atoms with Gasteiger partial charge in [-0.25, -0.2) is 0 Å². The first-order valence-electron chi connectivity index (χ1n) is 6.92. The molecule has 1 aromatic rings. The van der Waals surface area contributed by atoms with E-state index in [1.807, 2.05) is 5.32 Å². The highest BCUT2D eigenvalue weighted by Crippen LogP contribution is 2.23. The van der Waals surface area contributed by atoms with Crippen LogP contribution in [0, 0.1) is 10.1 Å². The summed E-state index contributed by atoms with van der Waals surface area (Å²) in [5, 5.41) is 24.4. The monoisotopic (exact) mass is 335 g/mol. The van der Waals surface area contributed by atoms with Crippen molar-refractivity contribution in [2.24, 2.45) is 0 Å². The molecule has 1 unspecified atom stereocenters.